The Hall–Kier alpha value is -0.235. The lowest BCUT2D eigenvalue weighted by Gasteiger charge is -2.34. The van der Waals surface area contributed by atoms with E-state index in [1.54, 1.807) is 0 Å². The molecule has 0 spiro atoms. The predicted octanol–water partition coefficient (Wildman–Crippen LogP) is 0.882. The van der Waals surface area contributed by atoms with E-state index >= 15 is 0 Å². The molecular weight excluding hydrogens is 230 g/mol. The molecule has 1 atom stereocenters. The van der Waals surface area contributed by atoms with Crippen LogP contribution >= 0.6 is 0 Å². The van der Waals surface area contributed by atoms with E-state index in [2.05, 4.69) is 0 Å². The second kappa shape index (κ2) is 4.33. The van der Waals surface area contributed by atoms with Gasteiger partial charge in [-0.1, -0.05) is 0 Å². The van der Waals surface area contributed by atoms with Gasteiger partial charge in [0.15, 0.2) is 9.84 Å². The van der Waals surface area contributed by atoms with Gasteiger partial charge in [0.25, 0.3) is 0 Å². The summed E-state index contributed by atoms with van der Waals surface area (Å²) in [4.78, 5) is 1.19. The van der Waals surface area contributed by atoms with Gasteiger partial charge in [-0.15, -0.1) is 0 Å². The van der Waals surface area contributed by atoms with Crippen LogP contribution in [-0.4, -0.2) is 51.3 Å². The van der Waals surface area contributed by atoms with Crippen molar-refractivity contribution < 1.29 is 21.4 Å². The van der Waals surface area contributed by atoms with Crippen molar-refractivity contribution >= 4 is 16.8 Å². The molecular formula is C7H14BF3NO2S-. The van der Waals surface area contributed by atoms with Gasteiger partial charge in [-0.05, 0) is 25.8 Å². The molecule has 1 aliphatic rings. The van der Waals surface area contributed by atoms with Gasteiger partial charge in [0.2, 0.25) is 0 Å². The Balaban J connectivity index is 2.57. The largest absolute Gasteiger partial charge is 0.492 e. The number of likely N-dealkylation sites (tertiary alicyclic amines) is 1. The highest BCUT2D eigenvalue weighted by Crippen LogP contribution is 2.19. The highest BCUT2D eigenvalue weighted by molar-refractivity contribution is 7.91. The average molecular weight is 244 g/mol. The highest BCUT2D eigenvalue weighted by atomic mass is 32.2. The molecule has 3 nitrogen and oxygen atoms in total. The summed E-state index contributed by atoms with van der Waals surface area (Å²) >= 11 is 0. The summed E-state index contributed by atoms with van der Waals surface area (Å²) in [6, 6.07) is 0. The normalized spacial score (nSPS) is 25.5. The zero-order valence-corrected chi connectivity index (χ0v) is 9.31. The summed E-state index contributed by atoms with van der Waals surface area (Å²) in [6.07, 6.45) is 1.12. The first-order valence-electron chi connectivity index (χ1n) is 4.81. The standard InChI is InChI=1S/C7H14BF3NO2S/c1-15(13,14)7-3-2-4-12(5-7)6-8(9,10)11/h7H,2-6H2,1H3/q-1. The van der Waals surface area contributed by atoms with Crippen LogP contribution in [0.4, 0.5) is 12.9 Å². The Morgan fingerprint density at radius 3 is 2.47 bits per heavy atom. The Labute approximate surface area is 87.6 Å². The fourth-order valence-electron chi connectivity index (χ4n) is 1.82. The molecule has 15 heavy (non-hydrogen) atoms. The van der Waals surface area contributed by atoms with Gasteiger partial charge in [-0.25, -0.2) is 8.42 Å². The summed E-state index contributed by atoms with van der Waals surface area (Å²) in [5, 5.41) is -0.635. The second-order valence-corrected chi connectivity index (χ2v) is 6.39. The van der Waals surface area contributed by atoms with E-state index < -0.39 is 28.5 Å². The fourth-order valence-corrected chi connectivity index (χ4v) is 2.90. The topological polar surface area (TPSA) is 37.4 Å². The van der Waals surface area contributed by atoms with Gasteiger partial charge in [0, 0.05) is 12.8 Å². The quantitative estimate of drug-likeness (QED) is 0.691. The first kappa shape index (κ1) is 12.8. The number of rotatable bonds is 3. The van der Waals surface area contributed by atoms with Crippen molar-refractivity contribution in [2.75, 3.05) is 25.8 Å². The minimum absolute atomic E-state index is 0.0140. The molecule has 1 unspecified atom stereocenters. The highest BCUT2D eigenvalue weighted by Gasteiger charge is 2.32. The van der Waals surface area contributed by atoms with Crippen LogP contribution in [0.15, 0.2) is 0 Å². The van der Waals surface area contributed by atoms with Gasteiger partial charge in [0.05, 0.1) is 5.25 Å². The van der Waals surface area contributed by atoms with Crippen LogP contribution in [0.2, 0.25) is 0 Å². The Morgan fingerprint density at radius 2 is 2.00 bits per heavy atom. The Kier molecular flexibility index (Phi) is 3.70. The van der Waals surface area contributed by atoms with Gasteiger partial charge < -0.3 is 17.8 Å². The Bertz CT molecular complexity index is 317. The van der Waals surface area contributed by atoms with E-state index in [9.17, 15) is 21.4 Å². The lowest BCUT2D eigenvalue weighted by molar-refractivity contribution is 0.238. The first-order valence-corrected chi connectivity index (χ1v) is 6.76. The lowest BCUT2D eigenvalue weighted by atomic mass is 9.90. The van der Waals surface area contributed by atoms with Crippen LogP contribution in [0.25, 0.3) is 0 Å². The van der Waals surface area contributed by atoms with Crippen LogP contribution < -0.4 is 0 Å². The molecule has 0 amide bonds. The third-order valence-corrected chi connectivity index (χ3v) is 4.13. The van der Waals surface area contributed by atoms with Crippen molar-refractivity contribution in [1.82, 2.24) is 4.90 Å². The van der Waals surface area contributed by atoms with Gasteiger partial charge in [0.1, 0.15) is 0 Å². The summed E-state index contributed by atoms with van der Waals surface area (Å²) in [5.41, 5.74) is 0. The van der Waals surface area contributed by atoms with Crippen molar-refractivity contribution in [3.63, 3.8) is 0 Å². The van der Waals surface area contributed by atoms with E-state index in [0.29, 0.717) is 19.4 Å². The summed E-state index contributed by atoms with van der Waals surface area (Å²) in [5.74, 6) is 0. The van der Waals surface area contributed by atoms with Crippen LogP contribution in [-0.2, 0) is 9.84 Å². The third kappa shape index (κ3) is 4.42. The fraction of sp³-hybridized carbons (Fsp3) is 1.00. The monoisotopic (exact) mass is 244 g/mol. The summed E-state index contributed by atoms with van der Waals surface area (Å²) < 4.78 is 58.8. The molecule has 0 aliphatic carbocycles. The molecule has 0 N–H and O–H groups in total. The van der Waals surface area contributed by atoms with Crippen molar-refractivity contribution in [1.29, 1.82) is 0 Å². The molecule has 1 heterocycles. The van der Waals surface area contributed by atoms with E-state index in [-0.39, 0.29) is 6.54 Å². The summed E-state index contributed by atoms with van der Waals surface area (Å²) in [6.45, 7) is -4.50. The number of nitrogens with zero attached hydrogens (tertiary/aromatic N) is 1. The zero-order valence-electron chi connectivity index (χ0n) is 8.50. The smallest absolute Gasteiger partial charge is 0.448 e. The van der Waals surface area contributed by atoms with E-state index in [0.717, 1.165) is 6.26 Å². The molecule has 1 rings (SSSR count). The van der Waals surface area contributed by atoms with Crippen molar-refractivity contribution in [3.05, 3.63) is 0 Å². The molecule has 0 saturated carbocycles. The van der Waals surface area contributed by atoms with E-state index in [1.165, 1.54) is 4.90 Å². The second-order valence-electron chi connectivity index (χ2n) is 4.06. The molecule has 0 bridgehead atoms. The number of hydrogen-bond acceptors (Lipinski definition) is 3. The number of sulfone groups is 1. The molecule has 0 aromatic rings. The molecule has 90 valence electrons. The molecule has 0 aromatic heterocycles. The van der Waals surface area contributed by atoms with Gasteiger partial charge in [-0.2, -0.15) is 0 Å². The van der Waals surface area contributed by atoms with E-state index in [4.69, 9.17) is 0 Å². The minimum atomic E-state index is -4.86. The average Bonchev–Trinajstić information content (AvgIpc) is 1.99. The Morgan fingerprint density at radius 1 is 1.40 bits per heavy atom. The minimum Gasteiger partial charge on any atom is -0.448 e. The molecule has 1 aliphatic heterocycles. The molecule has 0 aromatic carbocycles. The number of hydrogen-bond donors (Lipinski definition) is 0. The maximum atomic E-state index is 12.1. The van der Waals surface area contributed by atoms with Crippen LogP contribution in [0, 0.1) is 0 Å². The molecule has 1 saturated heterocycles. The van der Waals surface area contributed by atoms with E-state index in [1.807, 2.05) is 0 Å². The van der Waals surface area contributed by atoms with Crippen molar-refractivity contribution in [3.8, 4) is 0 Å². The SMILES string of the molecule is CS(=O)(=O)C1CCCN(C[B-](F)(F)F)C1. The zero-order chi connectivity index (χ0) is 11.7. The van der Waals surface area contributed by atoms with Crippen LogP contribution in [0.3, 0.4) is 0 Å². The van der Waals surface area contributed by atoms with Crippen LogP contribution in [0.5, 0.6) is 0 Å². The predicted molar refractivity (Wildman–Crippen MR) is 53.4 cm³/mol. The van der Waals surface area contributed by atoms with Crippen LogP contribution in [0.1, 0.15) is 12.8 Å². The first-order chi connectivity index (χ1) is 6.68. The third-order valence-electron chi connectivity index (χ3n) is 2.53. The maximum absolute atomic E-state index is 12.1. The number of piperidine rings is 1. The summed E-state index contributed by atoms with van der Waals surface area (Å²) in [7, 11) is -3.22. The van der Waals surface area contributed by atoms with Gasteiger partial charge in [-0.3, -0.25) is 0 Å². The molecule has 8 heteroatoms. The number of halogens is 3. The molecule has 1 fully saturated rings. The van der Waals surface area contributed by atoms with Crippen molar-refractivity contribution in [2.45, 2.75) is 18.1 Å². The molecule has 0 radical (unpaired) electrons. The maximum Gasteiger partial charge on any atom is 0.492 e. The lowest BCUT2D eigenvalue weighted by Crippen LogP contribution is -2.47. The van der Waals surface area contributed by atoms with Gasteiger partial charge >= 0.3 is 6.98 Å². The van der Waals surface area contributed by atoms with Crippen molar-refractivity contribution in [2.24, 2.45) is 0 Å².